The third-order valence-electron chi connectivity index (χ3n) is 5.51. The summed E-state index contributed by atoms with van der Waals surface area (Å²) in [4.78, 5) is 29.1. The van der Waals surface area contributed by atoms with Gasteiger partial charge in [0.25, 0.3) is 5.91 Å². The molecule has 176 valence electrons. The van der Waals surface area contributed by atoms with E-state index in [-0.39, 0.29) is 31.3 Å². The van der Waals surface area contributed by atoms with E-state index in [1.807, 2.05) is 18.2 Å². The molecule has 0 spiro atoms. The molecule has 0 N–H and O–H groups in total. The van der Waals surface area contributed by atoms with Crippen LogP contribution in [0, 0.1) is 6.92 Å². The minimum atomic E-state index is -0.196. The summed E-state index contributed by atoms with van der Waals surface area (Å²) >= 11 is 0. The molecule has 2 heterocycles. The molecular weight excluding hydrogens is 424 g/mol. The maximum absolute atomic E-state index is 13.0. The number of hydrogen-bond acceptors (Lipinski definition) is 6. The summed E-state index contributed by atoms with van der Waals surface area (Å²) in [5.41, 5.74) is 1.52. The highest BCUT2D eigenvalue weighted by Crippen LogP contribution is 2.27. The second-order valence-corrected chi connectivity index (χ2v) is 7.70. The van der Waals surface area contributed by atoms with Crippen LogP contribution < -0.4 is 9.47 Å². The molecule has 3 rings (SSSR count). The number of benzene rings is 1. The molecule has 8 nitrogen and oxygen atoms in total. The summed E-state index contributed by atoms with van der Waals surface area (Å²) < 4.78 is 21.3. The van der Waals surface area contributed by atoms with Crippen LogP contribution in [0.2, 0.25) is 0 Å². The van der Waals surface area contributed by atoms with Gasteiger partial charge in [0.1, 0.15) is 11.5 Å². The van der Waals surface area contributed by atoms with Crippen molar-refractivity contribution in [2.24, 2.45) is 0 Å². The number of methoxy groups -OCH3 is 2. The van der Waals surface area contributed by atoms with Gasteiger partial charge in [-0.2, -0.15) is 0 Å². The second kappa shape index (κ2) is 11.3. The summed E-state index contributed by atoms with van der Waals surface area (Å²) in [6, 6.07) is 10.9. The molecule has 0 aliphatic rings. The maximum atomic E-state index is 13.0. The topological polar surface area (TPSA) is 85.4 Å². The van der Waals surface area contributed by atoms with Gasteiger partial charge in [0, 0.05) is 26.6 Å². The Hall–Kier alpha value is -3.68. The normalized spacial score (nSPS) is 10.7. The third-order valence-corrected chi connectivity index (χ3v) is 5.51. The third kappa shape index (κ3) is 6.19. The predicted octanol–water partition coefficient (Wildman–Crippen LogP) is 3.93. The van der Waals surface area contributed by atoms with E-state index in [0.717, 1.165) is 5.56 Å². The number of aryl methyl sites for hydroxylation is 1. The zero-order valence-corrected chi connectivity index (χ0v) is 19.5. The molecule has 0 aliphatic heterocycles. The summed E-state index contributed by atoms with van der Waals surface area (Å²) in [5, 5.41) is 0. The molecule has 33 heavy (non-hydrogen) atoms. The van der Waals surface area contributed by atoms with E-state index in [0.29, 0.717) is 41.5 Å². The lowest BCUT2D eigenvalue weighted by Gasteiger charge is -2.23. The van der Waals surface area contributed by atoms with E-state index in [2.05, 4.69) is 0 Å². The van der Waals surface area contributed by atoms with Crippen molar-refractivity contribution in [3.05, 3.63) is 71.6 Å². The highest BCUT2D eigenvalue weighted by atomic mass is 16.5. The molecule has 8 heteroatoms. The molecule has 0 radical (unpaired) electrons. The minimum Gasteiger partial charge on any atom is -0.493 e. The standard InChI is InChI=1S/C25H30N2O6/c1-18-21(11-15-32-18)25(29)27(17-20-6-5-14-33-20)13-10-24(28)26(2)12-9-19-7-8-22(30-3)23(16-19)31-4/h5-8,11,14-16H,9-10,12-13,17H2,1-4H3. The van der Waals surface area contributed by atoms with Gasteiger partial charge in [-0.15, -0.1) is 0 Å². The van der Waals surface area contributed by atoms with Crippen molar-refractivity contribution in [2.75, 3.05) is 34.4 Å². The summed E-state index contributed by atoms with van der Waals surface area (Å²) in [5.74, 6) is 2.28. The predicted molar refractivity (Wildman–Crippen MR) is 122 cm³/mol. The van der Waals surface area contributed by atoms with Crippen molar-refractivity contribution in [3.8, 4) is 11.5 Å². The number of carbonyl (C=O) groups excluding carboxylic acids is 2. The largest absolute Gasteiger partial charge is 0.493 e. The van der Waals surface area contributed by atoms with Crippen LogP contribution in [0.15, 0.2) is 57.8 Å². The van der Waals surface area contributed by atoms with Crippen molar-refractivity contribution < 1.29 is 27.9 Å². The lowest BCUT2D eigenvalue weighted by Crippen LogP contribution is -2.36. The molecule has 0 aliphatic carbocycles. The average Bonchev–Trinajstić information content (AvgIpc) is 3.50. The molecule has 3 aromatic rings. The van der Waals surface area contributed by atoms with Crippen LogP contribution in [0.5, 0.6) is 11.5 Å². The van der Waals surface area contributed by atoms with Gasteiger partial charge in [-0.1, -0.05) is 6.07 Å². The first-order valence-corrected chi connectivity index (χ1v) is 10.7. The van der Waals surface area contributed by atoms with Gasteiger partial charge in [-0.3, -0.25) is 9.59 Å². The van der Waals surface area contributed by atoms with E-state index in [1.165, 1.54) is 6.26 Å². The van der Waals surface area contributed by atoms with Crippen LogP contribution in [-0.2, 0) is 17.8 Å². The van der Waals surface area contributed by atoms with Crippen LogP contribution in [0.4, 0.5) is 0 Å². The van der Waals surface area contributed by atoms with Crippen molar-refractivity contribution in [1.82, 2.24) is 9.80 Å². The van der Waals surface area contributed by atoms with E-state index in [9.17, 15) is 9.59 Å². The lowest BCUT2D eigenvalue weighted by atomic mass is 10.1. The Morgan fingerprint density at radius 3 is 2.39 bits per heavy atom. The van der Waals surface area contributed by atoms with Crippen molar-refractivity contribution >= 4 is 11.8 Å². The van der Waals surface area contributed by atoms with E-state index in [4.69, 9.17) is 18.3 Å². The van der Waals surface area contributed by atoms with Crippen molar-refractivity contribution in [2.45, 2.75) is 26.3 Å². The van der Waals surface area contributed by atoms with E-state index < -0.39 is 0 Å². The summed E-state index contributed by atoms with van der Waals surface area (Å²) in [6.07, 6.45) is 3.92. The number of hydrogen-bond donors (Lipinski definition) is 0. The van der Waals surface area contributed by atoms with Crippen LogP contribution in [0.1, 0.15) is 33.9 Å². The Balaban J connectivity index is 1.58. The zero-order chi connectivity index (χ0) is 23.8. The van der Waals surface area contributed by atoms with Crippen molar-refractivity contribution in [3.63, 3.8) is 0 Å². The Morgan fingerprint density at radius 1 is 0.970 bits per heavy atom. The number of carbonyl (C=O) groups is 2. The number of likely N-dealkylation sites (N-methyl/N-ethyl adjacent to an activating group) is 1. The first kappa shape index (κ1) is 24.0. The number of ether oxygens (including phenoxy) is 2. The zero-order valence-electron chi connectivity index (χ0n) is 19.5. The summed E-state index contributed by atoms with van der Waals surface area (Å²) in [6.45, 7) is 2.83. The first-order valence-electron chi connectivity index (χ1n) is 10.7. The Labute approximate surface area is 193 Å². The molecule has 1 aromatic carbocycles. The van der Waals surface area contributed by atoms with Crippen LogP contribution in [0.25, 0.3) is 0 Å². The molecule has 2 aromatic heterocycles. The monoisotopic (exact) mass is 454 g/mol. The molecular formula is C25H30N2O6. The van der Waals surface area contributed by atoms with Gasteiger partial charge < -0.3 is 28.1 Å². The molecule has 0 atom stereocenters. The smallest absolute Gasteiger partial charge is 0.257 e. The Kier molecular flexibility index (Phi) is 8.18. The number of rotatable bonds is 11. The SMILES string of the molecule is COc1ccc(CCN(C)C(=O)CCN(Cc2ccco2)C(=O)c2ccoc2C)cc1OC. The molecule has 0 unspecified atom stereocenters. The van der Waals surface area contributed by atoms with Gasteiger partial charge in [0.05, 0.1) is 38.9 Å². The van der Waals surface area contributed by atoms with Gasteiger partial charge in [-0.05, 0) is 49.2 Å². The molecule has 0 bridgehead atoms. The lowest BCUT2D eigenvalue weighted by molar-refractivity contribution is -0.130. The molecule has 0 saturated carbocycles. The average molecular weight is 455 g/mol. The Bertz CT molecular complexity index is 1060. The fourth-order valence-corrected chi connectivity index (χ4v) is 3.50. The summed E-state index contributed by atoms with van der Waals surface area (Å²) in [7, 11) is 4.96. The van der Waals surface area contributed by atoms with Gasteiger partial charge in [-0.25, -0.2) is 0 Å². The van der Waals surface area contributed by atoms with Gasteiger partial charge in [0.15, 0.2) is 11.5 Å². The molecule has 0 fully saturated rings. The quantitative estimate of drug-likeness (QED) is 0.436. The maximum Gasteiger partial charge on any atom is 0.257 e. The highest BCUT2D eigenvalue weighted by Gasteiger charge is 2.22. The molecule has 2 amide bonds. The van der Waals surface area contributed by atoms with Gasteiger partial charge in [0.2, 0.25) is 5.91 Å². The van der Waals surface area contributed by atoms with Crippen LogP contribution in [0.3, 0.4) is 0 Å². The fourth-order valence-electron chi connectivity index (χ4n) is 3.50. The second-order valence-electron chi connectivity index (χ2n) is 7.70. The number of furan rings is 2. The Morgan fingerprint density at radius 2 is 1.76 bits per heavy atom. The van der Waals surface area contributed by atoms with Crippen LogP contribution in [-0.4, -0.2) is 56.0 Å². The first-order chi connectivity index (χ1) is 15.9. The highest BCUT2D eigenvalue weighted by molar-refractivity contribution is 5.95. The molecule has 0 saturated heterocycles. The number of nitrogens with zero attached hydrogens (tertiary/aromatic N) is 2. The van der Waals surface area contributed by atoms with Crippen LogP contribution >= 0.6 is 0 Å². The minimum absolute atomic E-state index is 0.0448. The van der Waals surface area contributed by atoms with Crippen molar-refractivity contribution in [1.29, 1.82) is 0 Å². The van der Waals surface area contributed by atoms with E-state index in [1.54, 1.807) is 62.5 Å². The number of amides is 2. The van der Waals surface area contributed by atoms with Gasteiger partial charge >= 0.3 is 0 Å². The fraction of sp³-hybridized carbons (Fsp3) is 0.360. The van der Waals surface area contributed by atoms with E-state index >= 15 is 0 Å².